The maximum Gasteiger partial charge on any atom is 0.313 e. The van der Waals surface area contributed by atoms with Gasteiger partial charge in [0.2, 0.25) is 0 Å². The number of fused-ring (bicyclic) bond motifs is 1. The van der Waals surface area contributed by atoms with Gasteiger partial charge in [-0.3, -0.25) is 14.4 Å². The summed E-state index contributed by atoms with van der Waals surface area (Å²) >= 11 is 0. The molecule has 8 nitrogen and oxygen atoms in total. The van der Waals surface area contributed by atoms with Crippen LogP contribution in [-0.2, 0) is 25.7 Å². The second-order valence-electron chi connectivity index (χ2n) is 7.25. The van der Waals surface area contributed by atoms with Crippen LogP contribution in [0.25, 0.3) is 0 Å². The highest BCUT2D eigenvalue weighted by atomic mass is 16.5. The lowest BCUT2D eigenvalue weighted by atomic mass is 10.1. The summed E-state index contributed by atoms with van der Waals surface area (Å²) in [6.45, 7) is 6.57. The number of carbonyl (C=O) groups excluding carboxylic acids is 3. The SMILES string of the molecule is CCOCc1cccc(NC(=O)C(=O)NC(C)c2ccc3c(c2)OC(CC)C(=O)N3)c1. The average molecular weight is 425 g/mol. The fraction of sp³-hybridized carbons (Fsp3) is 0.348. The van der Waals surface area contributed by atoms with Gasteiger partial charge >= 0.3 is 11.8 Å². The Morgan fingerprint density at radius 3 is 2.71 bits per heavy atom. The van der Waals surface area contributed by atoms with Gasteiger partial charge in [0.15, 0.2) is 6.10 Å². The predicted octanol–water partition coefficient (Wildman–Crippen LogP) is 3.15. The van der Waals surface area contributed by atoms with Crippen molar-refractivity contribution in [3.05, 3.63) is 53.6 Å². The smallest absolute Gasteiger partial charge is 0.313 e. The number of nitrogens with one attached hydrogen (secondary N) is 3. The van der Waals surface area contributed by atoms with Crippen LogP contribution in [0.15, 0.2) is 42.5 Å². The molecule has 0 radical (unpaired) electrons. The van der Waals surface area contributed by atoms with E-state index in [2.05, 4.69) is 16.0 Å². The van der Waals surface area contributed by atoms with Gasteiger partial charge in [0.05, 0.1) is 18.3 Å². The Bertz CT molecular complexity index is 975. The summed E-state index contributed by atoms with van der Waals surface area (Å²) in [7, 11) is 0. The minimum Gasteiger partial charge on any atom is -0.478 e. The van der Waals surface area contributed by atoms with E-state index < -0.39 is 24.0 Å². The number of anilines is 2. The van der Waals surface area contributed by atoms with Crippen molar-refractivity contribution < 1.29 is 23.9 Å². The molecule has 8 heteroatoms. The fourth-order valence-electron chi connectivity index (χ4n) is 3.19. The first-order valence-electron chi connectivity index (χ1n) is 10.3. The van der Waals surface area contributed by atoms with Gasteiger partial charge in [-0.2, -0.15) is 0 Å². The Hall–Kier alpha value is -3.39. The first-order valence-corrected chi connectivity index (χ1v) is 10.3. The quantitative estimate of drug-likeness (QED) is 0.591. The molecule has 1 aliphatic heterocycles. The van der Waals surface area contributed by atoms with Gasteiger partial charge in [0.1, 0.15) is 5.75 Å². The summed E-state index contributed by atoms with van der Waals surface area (Å²) in [5, 5.41) is 8.10. The predicted molar refractivity (Wildman–Crippen MR) is 117 cm³/mol. The summed E-state index contributed by atoms with van der Waals surface area (Å²) < 4.78 is 11.1. The molecule has 164 valence electrons. The van der Waals surface area contributed by atoms with Crippen molar-refractivity contribution in [2.75, 3.05) is 17.2 Å². The highest BCUT2D eigenvalue weighted by molar-refractivity contribution is 6.39. The van der Waals surface area contributed by atoms with Crippen LogP contribution >= 0.6 is 0 Å². The van der Waals surface area contributed by atoms with Crippen LogP contribution in [0.3, 0.4) is 0 Å². The fourth-order valence-corrected chi connectivity index (χ4v) is 3.19. The lowest BCUT2D eigenvalue weighted by molar-refractivity contribution is -0.136. The molecule has 2 atom stereocenters. The summed E-state index contributed by atoms with van der Waals surface area (Å²) in [5.74, 6) is -1.14. The third-order valence-corrected chi connectivity index (χ3v) is 4.91. The zero-order chi connectivity index (χ0) is 22.4. The molecule has 2 aromatic carbocycles. The molecule has 0 saturated heterocycles. The van der Waals surface area contributed by atoms with Crippen molar-refractivity contribution >= 4 is 29.1 Å². The number of ether oxygens (including phenoxy) is 2. The molecular weight excluding hydrogens is 398 g/mol. The van der Waals surface area contributed by atoms with Gasteiger partial charge in [-0.1, -0.05) is 25.1 Å². The van der Waals surface area contributed by atoms with Gasteiger partial charge in [0.25, 0.3) is 5.91 Å². The highest BCUT2D eigenvalue weighted by Crippen LogP contribution is 2.33. The van der Waals surface area contributed by atoms with E-state index >= 15 is 0 Å². The van der Waals surface area contributed by atoms with Crippen LogP contribution < -0.4 is 20.7 Å². The van der Waals surface area contributed by atoms with Crippen LogP contribution in [0.1, 0.15) is 44.4 Å². The highest BCUT2D eigenvalue weighted by Gasteiger charge is 2.27. The largest absolute Gasteiger partial charge is 0.478 e. The van der Waals surface area contributed by atoms with Gasteiger partial charge < -0.3 is 25.4 Å². The Kier molecular flexibility index (Phi) is 7.25. The summed E-state index contributed by atoms with van der Waals surface area (Å²) in [6, 6.07) is 12.0. The van der Waals surface area contributed by atoms with Crippen molar-refractivity contribution in [1.29, 1.82) is 0 Å². The number of hydrogen-bond acceptors (Lipinski definition) is 5. The van der Waals surface area contributed by atoms with E-state index in [1.54, 1.807) is 43.3 Å². The van der Waals surface area contributed by atoms with E-state index in [0.717, 1.165) is 11.1 Å². The van der Waals surface area contributed by atoms with Crippen molar-refractivity contribution in [2.24, 2.45) is 0 Å². The Balaban J connectivity index is 1.61. The van der Waals surface area contributed by atoms with Crippen molar-refractivity contribution in [1.82, 2.24) is 5.32 Å². The number of rotatable bonds is 7. The minimum atomic E-state index is -0.757. The molecule has 1 aliphatic rings. The molecule has 3 rings (SSSR count). The van der Waals surface area contributed by atoms with E-state index in [1.165, 1.54) is 0 Å². The van der Waals surface area contributed by atoms with Gasteiger partial charge in [-0.05, 0) is 55.7 Å². The third kappa shape index (κ3) is 5.61. The third-order valence-electron chi connectivity index (χ3n) is 4.91. The van der Waals surface area contributed by atoms with E-state index in [-0.39, 0.29) is 5.91 Å². The van der Waals surface area contributed by atoms with Gasteiger partial charge in [-0.15, -0.1) is 0 Å². The molecule has 31 heavy (non-hydrogen) atoms. The topological polar surface area (TPSA) is 106 Å². The second kappa shape index (κ2) is 10.1. The molecular formula is C23H27N3O5. The van der Waals surface area contributed by atoms with Gasteiger partial charge in [0, 0.05) is 12.3 Å². The number of carbonyl (C=O) groups is 3. The minimum absolute atomic E-state index is 0.175. The first-order chi connectivity index (χ1) is 14.9. The number of amides is 3. The molecule has 3 amide bonds. The summed E-state index contributed by atoms with van der Waals surface area (Å²) in [5.41, 5.74) is 2.76. The molecule has 0 saturated carbocycles. The lowest BCUT2D eigenvalue weighted by Crippen LogP contribution is -2.37. The zero-order valence-electron chi connectivity index (χ0n) is 17.9. The number of hydrogen-bond donors (Lipinski definition) is 3. The lowest BCUT2D eigenvalue weighted by Gasteiger charge is -2.26. The Labute approximate surface area is 181 Å². The molecule has 0 aromatic heterocycles. The van der Waals surface area contributed by atoms with Crippen molar-refractivity contribution in [2.45, 2.75) is 45.9 Å². The maximum absolute atomic E-state index is 12.4. The van der Waals surface area contributed by atoms with E-state index in [1.807, 2.05) is 19.9 Å². The van der Waals surface area contributed by atoms with E-state index in [4.69, 9.17) is 9.47 Å². The monoisotopic (exact) mass is 425 g/mol. The molecule has 0 fully saturated rings. The number of benzene rings is 2. The van der Waals surface area contributed by atoms with Crippen LogP contribution in [0.2, 0.25) is 0 Å². The molecule has 2 aromatic rings. The van der Waals surface area contributed by atoms with E-state index in [9.17, 15) is 14.4 Å². The van der Waals surface area contributed by atoms with Gasteiger partial charge in [-0.25, -0.2) is 0 Å². The van der Waals surface area contributed by atoms with Crippen LogP contribution in [0, 0.1) is 0 Å². The second-order valence-corrected chi connectivity index (χ2v) is 7.25. The summed E-state index contributed by atoms with van der Waals surface area (Å²) in [6.07, 6.45) is 0.00481. The molecule has 0 spiro atoms. The molecule has 0 bridgehead atoms. The molecule has 3 N–H and O–H groups in total. The average Bonchev–Trinajstić information content (AvgIpc) is 2.77. The van der Waals surface area contributed by atoms with Crippen LogP contribution in [-0.4, -0.2) is 30.4 Å². The zero-order valence-corrected chi connectivity index (χ0v) is 17.9. The van der Waals surface area contributed by atoms with Crippen LogP contribution in [0.5, 0.6) is 5.75 Å². The van der Waals surface area contributed by atoms with Crippen molar-refractivity contribution in [3.63, 3.8) is 0 Å². The molecule has 2 unspecified atom stereocenters. The van der Waals surface area contributed by atoms with E-state index in [0.29, 0.717) is 36.8 Å². The Morgan fingerprint density at radius 1 is 1.16 bits per heavy atom. The van der Waals surface area contributed by atoms with Crippen LogP contribution in [0.4, 0.5) is 11.4 Å². The summed E-state index contributed by atoms with van der Waals surface area (Å²) in [4.78, 5) is 36.6. The standard InChI is InChI=1S/C23H27N3O5/c1-4-19-21(27)26-18-10-9-16(12-20(18)31-19)14(3)24-22(28)23(29)25-17-8-6-7-15(11-17)13-30-5-2/h6-12,14,19H,4-5,13H2,1-3H3,(H,24,28)(H,25,29)(H,26,27). The Morgan fingerprint density at radius 2 is 1.97 bits per heavy atom. The maximum atomic E-state index is 12.4. The first kappa shape index (κ1) is 22.3. The molecule has 1 heterocycles. The van der Waals surface area contributed by atoms with Crippen molar-refractivity contribution in [3.8, 4) is 5.75 Å². The normalized spacial score (nSPS) is 15.8. The molecule has 0 aliphatic carbocycles.